The third-order valence-electron chi connectivity index (χ3n) is 6.28. The topological polar surface area (TPSA) is 105 Å². The van der Waals surface area contributed by atoms with Crippen molar-refractivity contribution in [3.8, 4) is 11.8 Å². The Morgan fingerprint density at radius 3 is 2.41 bits per heavy atom. The largest absolute Gasteiger partial charge is 0.424 e. The molecule has 3 heterocycles. The summed E-state index contributed by atoms with van der Waals surface area (Å²) >= 11 is 11.2. The number of hydrogen-bond acceptors (Lipinski definition) is 7. The molecule has 1 unspecified atom stereocenters. The van der Waals surface area contributed by atoms with E-state index in [4.69, 9.17) is 42.6 Å². The summed E-state index contributed by atoms with van der Waals surface area (Å²) in [6.07, 6.45) is 2.62. The summed E-state index contributed by atoms with van der Waals surface area (Å²) in [6.45, 7) is 8.18. The van der Waals surface area contributed by atoms with Crippen molar-refractivity contribution in [2.75, 3.05) is 31.2 Å². The number of aryl methyl sites for hydroxylation is 1. The number of rotatable bonds is 6. The van der Waals surface area contributed by atoms with Crippen LogP contribution in [0.5, 0.6) is 11.8 Å². The Bertz CT molecular complexity index is 1230. The van der Waals surface area contributed by atoms with E-state index in [0.29, 0.717) is 34.2 Å². The smallest absolute Gasteiger partial charge is 0.322 e. The van der Waals surface area contributed by atoms with Gasteiger partial charge in [-0.25, -0.2) is 9.35 Å². The number of piperidine rings is 1. The van der Waals surface area contributed by atoms with Gasteiger partial charge < -0.3 is 19.1 Å². The lowest BCUT2D eigenvalue weighted by molar-refractivity contribution is -0.169. The number of hydrogen-bond donors (Lipinski definition) is 1. The second kappa shape index (κ2) is 12.6. The molecule has 1 atom stereocenters. The van der Waals surface area contributed by atoms with Crippen LogP contribution in [0.2, 0.25) is 10.0 Å². The maximum atomic E-state index is 10.7. The van der Waals surface area contributed by atoms with Gasteiger partial charge in [0.05, 0.1) is 28.2 Å². The quantitative estimate of drug-likeness (QED) is 0.448. The molecule has 0 bridgehead atoms. The van der Waals surface area contributed by atoms with Gasteiger partial charge in [-0.15, -0.1) is 5.10 Å². The van der Waals surface area contributed by atoms with Crippen LogP contribution in [0.4, 0.5) is 5.69 Å². The van der Waals surface area contributed by atoms with E-state index in [1.54, 1.807) is 12.1 Å². The van der Waals surface area contributed by atoms with Gasteiger partial charge in [-0.3, -0.25) is 4.57 Å². The molecule has 2 aliphatic heterocycles. The molecule has 2 N–H and O–H groups in total. The first kappa shape index (κ1) is 27.8. The number of benzene rings is 2. The number of nitrogens with zero attached hydrogens (tertiary/aromatic N) is 4. The molecule has 37 heavy (non-hydrogen) atoms. The van der Waals surface area contributed by atoms with E-state index in [-0.39, 0.29) is 5.79 Å². The lowest BCUT2D eigenvalue weighted by atomic mass is 10.0. The average molecular weight is 569 g/mol. The van der Waals surface area contributed by atoms with Crippen LogP contribution in [0, 0.1) is 0 Å². The molecular formula is C25H31Cl2N5O4S. The van der Waals surface area contributed by atoms with E-state index in [1.165, 1.54) is 6.07 Å². The summed E-state index contributed by atoms with van der Waals surface area (Å²) in [5.41, 5.74) is 1.15. The number of anilines is 1. The first-order valence-electron chi connectivity index (χ1n) is 12.2. The number of ether oxygens (including phenoxy) is 3. The lowest BCUT2D eigenvalue weighted by Crippen LogP contribution is -2.45. The fraction of sp³-hybridized carbons (Fsp3) is 0.440. The van der Waals surface area contributed by atoms with Gasteiger partial charge in [-0.05, 0) is 37.3 Å². The molecule has 2 saturated heterocycles. The summed E-state index contributed by atoms with van der Waals surface area (Å²) in [6, 6.07) is 13.3. The Balaban J connectivity index is 0.000000245. The minimum atomic E-state index is -1.49. The molecule has 2 aliphatic rings. The highest BCUT2D eigenvalue weighted by molar-refractivity contribution is 7.82. The maximum absolute atomic E-state index is 10.7. The zero-order valence-electron chi connectivity index (χ0n) is 20.9. The molecule has 0 radical (unpaired) electrons. The summed E-state index contributed by atoms with van der Waals surface area (Å²) in [5.74, 6) is 1.37. The molecule has 1 spiro atoms. The standard InChI is InChI=1S/C19H26N4O3.C6H5Cl2NOS/c1-3-17-20-21-18(23(17)4-2)26-16-7-5-6-15(14-16)22-10-8-19(9-11-22)24-12-13-25-19;7-5-2-1-4(11(9)10)3-6(5)8/h5-7,14H,3-4,8-13H2,1-2H3;1-3H,9H2. The third-order valence-corrected chi connectivity index (χ3v) is 7.74. The minimum Gasteiger partial charge on any atom is -0.424 e. The van der Waals surface area contributed by atoms with Crippen LogP contribution in [0.3, 0.4) is 0 Å². The van der Waals surface area contributed by atoms with Crippen molar-refractivity contribution in [1.82, 2.24) is 14.8 Å². The molecule has 1 aromatic heterocycles. The van der Waals surface area contributed by atoms with Crippen molar-refractivity contribution in [1.29, 1.82) is 0 Å². The molecule has 0 amide bonds. The molecule has 0 aliphatic carbocycles. The van der Waals surface area contributed by atoms with Gasteiger partial charge in [-0.1, -0.05) is 41.3 Å². The fourth-order valence-corrected chi connectivity index (χ4v) is 5.12. The highest BCUT2D eigenvalue weighted by Gasteiger charge is 2.39. The van der Waals surface area contributed by atoms with Gasteiger partial charge in [0.15, 0.2) is 5.79 Å². The van der Waals surface area contributed by atoms with Gasteiger partial charge in [0.2, 0.25) is 0 Å². The average Bonchev–Trinajstić information content (AvgIpc) is 3.53. The first-order valence-corrected chi connectivity index (χ1v) is 14.1. The summed E-state index contributed by atoms with van der Waals surface area (Å²) in [4.78, 5) is 2.82. The Morgan fingerprint density at radius 1 is 1.05 bits per heavy atom. The van der Waals surface area contributed by atoms with Crippen molar-refractivity contribution in [3.05, 3.63) is 58.3 Å². The van der Waals surface area contributed by atoms with Crippen molar-refractivity contribution in [2.24, 2.45) is 5.14 Å². The second-order valence-corrected chi connectivity index (χ2v) is 10.4. The summed E-state index contributed by atoms with van der Waals surface area (Å²) < 4.78 is 30.4. The van der Waals surface area contributed by atoms with E-state index < -0.39 is 11.0 Å². The predicted molar refractivity (Wildman–Crippen MR) is 145 cm³/mol. The van der Waals surface area contributed by atoms with Crippen LogP contribution >= 0.6 is 23.2 Å². The molecule has 9 nitrogen and oxygen atoms in total. The van der Waals surface area contributed by atoms with Gasteiger partial charge in [-0.2, -0.15) is 0 Å². The van der Waals surface area contributed by atoms with Crippen molar-refractivity contribution < 1.29 is 18.4 Å². The van der Waals surface area contributed by atoms with E-state index in [9.17, 15) is 4.21 Å². The van der Waals surface area contributed by atoms with Gasteiger partial charge in [0.25, 0.3) is 0 Å². The summed E-state index contributed by atoms with van der Waals surface area (Å²) in [7, 11) is -1.49. The van der Waals surface area contributed by atoms with Crippen LogP contribution in [0.1, 0.15) is 32.5 Å². The molecule has 200 valence electrons. The summed E-state index contributed by atoms with van der Waals surface area (Å²) in [5, 5.41) is 14.3. The maximum Gasteiger partial charge on any atom is 0.322 e. The van der Waals surface area contributed by atoms with Gasteiger partial charge in [0.1, 0.15) is 22.6 Å². The van der Waals surface area contributed by atoms with Crippen molar-refractivity contribution in [3.63, 3.8) is 0 Å². The Kier molecular flexibility index (Phi) is 9.44. The molecule has 3 aromatic rings. The first-order chi connectivity index (χ1) is 17.8. The Morgan fingerprint density at radius 2 is 1.78 bits per heavy atom. The normalized spacial score (nSPS) is 17.4. The zero-order chi connectivity index (χ0) is 26.4. The number of nitrogens with two attached hydrogens (primary N) is 1. The van der Waals surface area contributed by atoms with Crippen LogP contribution < -0.4 is 14.8 Å². The number of aromatic nitrogens is 3. The van der Waals surface area contributed by atoms with Crippen LogP contribution in [0.15, 0.2) is 47.4 Å². The SMILES string of the molecule is CCc1nnc(Oc2cccc(N3CCC4(CC3)OCCO4)c2)n1CC.NS(=O)c1ccc(Cl)c(Cl)c1. The second-order valence-electron chi connectivity index (χ2n) is 8.56. The molecule has 0 saturated carbocycles. The van der Waals surface area contributed by atoms with Gasteiger partial charge >= 0.3 is 6.01 Å². The molecular weight excluding hydrogens is 537 g/mol. The van der Waals surface area contributed by atoms with Gasteiger partial charge in [0, 0.05) is 50.7 Å². The third kappa shape index (κ3) is 6.81. The van der Waals surface area contributed by atoms with E-state index in [2.05, 4.69) is 41.1 Å². The van der Waals surface area contributed by atoms with E-state index >= 15 is 0 Å². The van der Waals surface area contributed by atoms with Crippen LogP contribution in [0.25, 0.3) is 0 Å². The molecule has 5 rings (SSSR count). The molecule has 2 aromatic carbocycles. The monoisotopic (exact) mass is 567 g/mol. The highest BCUT2D eigenvalue weighted by Crippen LogP contribution is 2.34. The molecule has 12 heteroatoms. The zero-order valence-corrected chi connectivity index (χ0v) is 23.2. The van der Waals surface area contributed by atoms with E-state index in [1.807, 2.05) is 16.7 Å². The van der Waals surface area contributed by atoms with Crippen LogP contribution in [-0.4, -0.2) is 51.1 Å². The molecule has 2 fully saturated rings. The Labute approximate surface area is 229 Å². The van der Waals surface area contributed by atoms with Crippen molar-refractivity contribution in [2.45, 2.75) is 50.3 Å². The fourth-order valence-electron chi connectivity index (χ4n) is 4.32. The Hall–Kier alpha value is -2.21. The predicted octanol–water partition coefficient (Wildman–Crippen LogP) is 4.97. The lowest BCUT2D eigenvalue weighted by Gasteiger charge is -2.38. The minimum absolute atomic E-state index is 0.349. The van der Waals surface area contributed by atoms with Crippen molar-refractivity contribution >= 4 is 39.9 Å². The highest BCUT2D eigenvalue weighted by atomic mass is 35.5. The van der Waals surface area contributed by atoms with E-state index in [0.717, 1.165) is 56.2 Å². The number of halogens is 2. The van der Waals surface area contributed by atoms with Crippen LogP contribution in [-0.2, 0) is 33.4 Å².